The molecule has 2 fully saturated rings. The minimum atomic E-state index is -0.0726. The number of morpholine rings is 1. The van der Waals surface area contributed by atoms with Crippen LogP contribution in [0.1, 0.15) is 29.7 Å². The Hall–Kier alpha value is -1.64. The van der Waals surface area contributed by atoms with Gasteiger partial charge in [0.2, 0.25) is 0 Å². The first kappa shape index (κ1) is 15.3. The van der Waals surface area contributed by atoms with Crippen LogP contribution in [0.2, 0.25) is 0 Å². The summed E-state index contributed by atoms with van der Waals surface area (Å²) >= 11 is 0. The molecule has 0 aliphatic carbocycles. The predicted molar refractivity (Wildman–Crippen MR) is 86.1 cm³/mol. The Morgan fingerprint density at radius 3 is 2.68 bits per heavy atom. The maximum absolute atomic E-state index is 9.50. The highest BCUT2D eigenvalue weighted by Crippen LogP contribution is 2.33. The van der Waals surface area contributed by atoms with Crippen molar-refractivity contribution in [2.24, 2.45) is 0 Å². The van der Waals surface area contributed by atoms with E-state index in [9.17, 15) is 5.26 Å². The van der Waals surface area contributed by atoms with Gasteiger partial charge >= 0.3 is 0 Å². The van der Waals surface area contributed by atoms with Crippen molar-refractivity contribution in [1.29, 1.82) is 5.26 Å². The standard InChI is InChI=1S/C17H24N4O/c1-13-10-14(2)19-16(15(13)11-18)21-8-9-22-17(12-21)4-6-20(3)7-5-17/h10H,4-9,12H2,1-3H3. The molecule has 0 aromatic carbocycles. The molecule has 2 saturated heterocycles. The van der Waals surface area contributed by atoms with Crippen LogP contribution in [0.15, 0.2) is 6.07 Å². The predicted octanol–water partition coefficient (Wildman–Crippen LogP) is 1.87. The zero-order valence-corrected chi connectivity index (χ0v) is 13.7. The summed E-state index contributed by atoms with van der Waals surface area (Å²) in [5.41, 5.74) is 2.61. The number of ether oxygens (including phenoxy) is 1. The Morgan fingerprint density at radius 2 is 2.00 bits per heavy atom. The molecular weight excluding hydrogens is 276 g/mol. The largest absolute Gasteiger partial charge is 0.371 e. The van der Waals surface area contributed by atoms with Crippen LogP contribution in [0.3, 0.4) is 0 Å². The number of aromatic nitrogens is 1. The summed E-state index contributed by atoms with van der Waals surface area (Å²) in [5.74, 6) is 0.835. The fourth-order valence-electron chi connectivity index (χ4n) is 3.54. The van der Waals surface area contributed by atoms with Crippen LogP contribution < -0.4 is 4.90 Å². The molecule has 0 atom stereocenters. The summed E-state index contributed by atoms with van der Waals surface area (Å²) in [6.45, 7) is 8.47. The Labute approximate surface area is 132 Å². The van der Waals surface area contributed by atoms with Gasteiger partial charge in [-0.25, -0.2) is 4.98 Å². The van der Waals surface area contributed by atoms with E-state index in [4.69, 9.17) is 4.74 Å². The molecule has 2 aliphatic rings. The Balaban J connectivity index is 1.88. The van der Waals surface area contributed by atoms with Crippen molar-refractivity contribution in [2.45, 2.75) is 32.3 Å². The first-order valence-corrected chi connectivity index (χ1v) is 7.99. The number of hydrogen-bond donors (Lipinski definition) is 0. The summed E-state index contributed by atoms with van der Waals surface area (Å²) in [5, 5.41) is 9.50. The molecule has 0 N–H and O–H groups in total. The molecule has 0 amide bonds. The van der Waals surface area contributed by atoms with Crippen LogP contribution >= 0.6 is 0 Å². The van der Waals surface area contributed by atoms with E-state index in [2.05, 4.69) is 27.9 Å². The molecule has 1 aromatic rings. The third-order valence-electron chi connectivity index (χ3n) is 4.88. The minimum Gasteiger partial charge on any atom is -0.371 e. The molecule has 0 bridgehead atoms. The van der Waals surface area contributed by atoms with Crippen molar-refractivity contribution in [3.8, 4) is 6.07 Å². The van der Waals surface area contributed by atoms with E-state index in [0.29, 0.717) is 12.2 Å². The Bertz CT molecular complexity index is 599. The summed E-state index contributed by atoms with van der Waals surface area (Å²) in [6.07, 6.45) is 2.10. The van der Waals surface area contributed by atoms with Crippen molar-refractivity contribution in [3.05, 3.63) is 22.9 Å². The number of hydrogen-bond acceptors (Lipinski definition) is 5. The fraction of sp³-hybridized carbons (Fsp3) is 0.647. The number of nitrogens with zero attached hydrogens (tertiary/aromatic N) is 4. The topological polar surface area (TPSA) is 52.4 Å². The zero-order valence-electron chi connectivity index (χ0n) is 13.7. The lowest BCUT2D eigenvalue weighted by molar-refractivity contribution is -0.0884. The van der Waals surface area contributed by atoms with Gasteiger partial charge in [-0.1, -0.05) is 0 Å². The Morgan fingerprint density at radius 1 is 1.27 bits per heavy atom. The maximum Gasteiger partial charge on any atom is 0.147 e. The van der Waals surface area contributed by atoms with Gasteiger partial charge in [-0.15, -0.1) is 0 Å². The van der Waals surface area contributed by atoms with Crippen LogP contribution in [-0.2, 0) is 4.74 Å². The van der Waals surface area contributed by atoms with Gasteiger partial charge in [0, 0.05) is 31.9 Å². The molecule has 1 spiro atoms. The van der Waals surface area contributed by atoms with E-state index >= 15 is 0 Å². The third kappa shape index (κ3) is 2.81. The van der Waals surface area contributed by atoms with Crippen LogP contribution in [0.25, 0.3) is 0 Å². The van der Waals surface area contributed by atoms with E-state index in [1.54, 1.807) is 0 Å². The number of nitriles is 1. The number of rotatable bonds is 1. The second kappa shape index (κ2) is 5.86. The summed E-state index contributed by atoms with van der Waals surface area (Å²) < 4.78 is 6.16. The lowest BCUT2D eigenvalue weighted by Crippen LogP contribution is -2.56. The molecule has 1 aromatic heterocycles. The molecule has 0 saturated carbocycles. The van der Waals surface area contributed by atoms with E-state index in [-0.39, 0.29) is 5.60 Å². The first-order chi connectivity index (χ1) is 10.5. The molecule has 5 nitrogen and oxygen atoms in total. The van der Waals surface area contributed by atoms with Gasteiger partial charge in [-0.2, -0.15) is 5.26 Å². The lowest BCUT2D eigenvalue weighted by atomic mass is 9.89. The molecule has 118 valence electrons. The first-order valence-electron chi connectivity index (χ1n) is 7.99. The summed E-state index contributed by atoms with van der Waals surface area (Å²) in [6, 6.07) is 4.31. The van der Waals surface area contributed by atoms with Gasteiger partial charge in [0.1, 0.15) is 11.9 Å². The molecule has 0 radical (unpaired) electrons. The quantitative estimate of drug-likeness (QED) is 0.792. The highest BCUT2D eigenvalue weighted by molar-refractivity contribution is 5.58. The van der Waals surface area contributed by atoms with Crippen LogP contribution in [0.4, 0.5) is 5.82 Å². The minimum absolute atomic E-state index is 0.0726. The van der Waals surface area contributed by atoms with Gasteiger partial charge in [0.25, 0.3) is 0 Å². The summed E-state index contributed by atoms with van der Waals surface area (Å²) in [4.78, 5) is 9.27. The van der Waals surface area contributed by atoms with Crippen molar-refractivity contribution >= 4 is 5.82 Å². The average molecular weight is 300 g/mol. The monoisotopic (exact) mass is 300 g/mol. The van der Waals surface area contributed by atoms with Gasteiger partial charge in [-0.3, -0.25) is 0 Å². The highest BCUT2D eigenvalue weighted by atomic mass is 16.5. The fourth-order valence-corrected chi connectivity index (χ4v) is 3.54. The van der Waals surface area contributed by atoms with E-state index < -0.39 is 0 Å². The van der Waals surface area contributed by atoms with E-state index in [1.807, 2.05) is 19.9 Å². The number of likely N-dealkylation sites (tertiary alicyclic amines) is 1. The highest BCUT2D eigenvalue weighted by Gasteiger charge is 2.40. The van der Waals surface area contributed by atoms with Crippen LogP contribution in [0, 0.1) is 25.2 Å². The van der Waals surface area contributed by atoms with Crippen molar-refractivity contribution in [1.82, 2.24) is 9.88 Å². The molecule has 2 aliphatic heterocycles. The van der Waals surface area contributed by atoms with Crippen molar-refractivity contribution < 1.29 is 4.74 Å². The second-order valence-electron chi connectivity index (χ2n) is 6.65. The summed E-state index contributed by atoms with van der Waals surface area (Å²) in [7, 11) is 2.16. The Kier molecular flexibility index (Phi) is 4.07. The smallest absolute Gasteiger partial charge is 0.147 e. The molecule has 3 rings (SSSR count). The zero-order chi connectivity index (χ0) is 15.7. The molecule has 22 heavy (non-hydrogen) atoms. The number of piperidine rings is 1. The SMILES string of the molecule is Cc1cc(C)c(C#N)c(N2CCOC3(CCN(C)CC3)C2)n1. The molecular formula is C17H24N4O. The number of anilines is 1. The molecule has 5 heteroatoms. The van der Waals surface area contributed by atoms with Crippen molar-refractivity contribution in [2.75, 3.05) is 44.7 Å². The second-order valence-corrected chi connectivity index (χ2v) is 6.65. The number of aryl methyl sites for hydroxylation is 2. The van der Waals surface area contributed by atoms with Gasteiger partial charge < -0.3 is 14.5 Å². The maximum atomic E-state index is 9.50. The van der Waals surface area contributed by atoms with Gasteiger partial charge in [0.05, 0.1) is 17.8 Å². The average Bonchev–Trinajstić information content (AvgIpc) is 2.50. The van der Waals surface area contributed by atoms with E-state index in [0.717, 1.165) is 56.1 Å². The molecule has 0 unspecified atom stereocenters. The lowest BCUT2D eigenvalue weighted by Gasteiger charge is -2.47. The van der Waals surface area contributed by atoms with Crippen molar-refractivity contribution in [3.63, 3.8) is 0 Å². The van der Waals surface area contributed by atoms with Crippen LogP contribution in [-0.4, -0.2) is 55.3 Å². The molecule has 3 heterocycles. The van der Waals surface area contributed by atoms with Gasteiger partial charge in [0.15, 0.2) is 0 Å². The third-order valence-corrected chi connectivity index (χ3v) is 4.88. The van der Waals surface area contributed by atoms with E-state index in [1.165, 1.54) is 0 Å². The number of pyridine rings is 1. The van der Waals surface area contributed by atoms with Crippen LogP contribution in [0.5, 0.6) is 0 Å². The van der Waals surface area contributed by atoms with Gasteiger partial charge in [-0.05, 0) is 45.4 Å². The normalized spacial score (nSPS) is 21.8.